The van der Waals surface area contributed by atoms with E-state index < -0.39 is 0 Å². The van der Waals surface area contributed by atoms with Gasteiger partial charge in [-0.1, -0.05) is 45.7 Å². The van der Waals surface area contributed by atoms with E-state index in [0.717, 1.165) is 15.6 Å². The van der Waals surface area contributed by atoms with E-state index >= 15 is 0 Å². The zero-order valence-electron chi connectivity index (χ0n) is 11.2. The van der Waals surface area contributed by atoms with Crippen molar-refractivity contribution in [3.63, 3.8) is 0 Å². The topological polar surface area (TPSA) is 44.5 Å². The number of hydrogen-bond acceptors (Lipinski definition) is 3. The van der Waals surface area contributed by atoms with Crippen molar-refractivity contribution in [2.24, 2.45) is 5.73 Å². The smallest absolute Gasteiger partial charge is 0.162 e. The molecule has 5 heteroatoms. The van der Waals surface area contributed by atoms with Crippen LogP contribution in [0.15, 0.2) is 40.9 Å². The zero-order valence-corrected chi connectivity index (χ0v) is 13.5. The Labute approximate surface area is 131 Å². The summed E-state index contributed by atoms with van der Waals surface area (Å²) in [5, 5.41) is 0.547. The molecule has 0 fully saturated rings. The molecule has 1 atom stereocenters. The van der Waals surface area contributed by atoms with Crippen molar-refractivity contribution in [3.05, 3.63) is 57.0 Å². The number of rotatable bonds is 4. The summed E-state index contributed by atoms with van der Waals surface area (Å²) in [5.41, 5.74) is 8.07. The van der Waals surface area contributed by atoms with Crippen LogP contribution in [0.4, 0.5) is 0 Å². The molecule has 0 aliphatic rings. The number of nitrogens with two attached hydrogens (primary N) is 1. The number of methoxy groups -OCH3 is 2. The predicted molar refractivity (Wildman–Crippen MR) is 84.7 cm³/mol. The van der Waals surface area contributed by atoms with E-state index in [-0.39, 0.29) is 6.04 Å². The van der Waals surface area contributed by atoms with Crippen molar-refractivity contribution in [2.45, 2.75) is 6.04 Å². The molecular weight excluding hydrogens is 342 g/mol. The maximum absolute atomic E-state index is 6.32. The van der Waals surface area contributed by atoms with Gasteiger partial charge in [-0.3, -0.25) is 0 Å². The molecule has 0 saturated carbocycles. The fourth-order valence-electron chi connectivity index (χ4n) is 2.00. The molecule has 0 radical (unpaired) electrons. The van der Waals surface area contributed by atoms with Gasteiger partial charge in [-0.2, -0.15) is 0 Å². The zero-order chi connectivity index (χ0) is 14.7. The minimum Gasteiger partial charge on any atom is -0.493 e. The van der Waals surface area contributed by atoms with E-state index in [9.17, 15) is 0 Å². The van der Waals surface area contributed by atoms with E-state index in [1.807, 2.05) is 30.3 Å². The molecule has 106 valence electrons. The highest BCUT2D eigenvalue weighted by Crippen LogP contribution is 2.38. The number of ether oxygens (including phenoxy) is 2. The summed E-state index contributed by atoms with van der Waals surface area (Å²) in [6.07, 6.45) is 0. The molecule has 0 aliphatic heterocycles. The third-order valence-corrected chi connectivity index (χ3v) is 4.13. The van der Waals surface area contributed by atoms with E-state index in [0.29, 0.717) is 16.5 Å². The van der Waals surface area contributed by atoms with Gasteiger partial charge in [0.25, 0.3) is 0 Å². The maximum atomic E-state index is 6.32. The molecule has 1 unspecified atom stereocenters. The first-order valence-corrected chi connectivity index (χ1v) is 7.17. The van der Waals surface area contributed by atoms with Crippen LogP contribution in [-0.4, -0.2) is 14.2 Å². The van der Waals surface area contributed by atoms with Gasteiger partial charge in [0.2, 0.25) is 0 Å². The highest BCUT2D eigenvalue weighted by atomic mass is 79.9. The molecule has 0 aromatic heterocycles. The first-order chi connectivity index (χ1) is 9.58. The first kappa shape index (κ1) is 15.2. The SMILES string of the molecule is COc1cc(Cl)c(C(N)c2ccccc2Br)cc1OC. The fourth-order valence-corrected chi connectivity index (χ4v) is 2.81. The summed E-state index contributed by atoms with van der Waals surface area (Å²) in [4.78, 5) is 0. The third kappa shape index (κ3) is 2.92. The molecule has 2 rings (SSSR count). The van der Waals surface area contributed by atoms with Crippen LogP contribution in [0.3, 0.4) is 0 Å². The summed E-state index contributed by atoms with van der Waals surface area (Å²) in [5.74, 6) is 1.19. The second-order valence-corrected chi connectivity index (χ2v) is 5.49. The van der Waals surface area contributed by atoms with Gasteiger partial charge in [-0.15, -0.1) is 0 Å². The first-order valence-electron chi connectivity index (χ1n) is 6.00. The highest BCUT2D eigenvalue weighted by Gasteiger charge is 2.18. The van der Waals surface area contributed by atoms with Crippen molar-refractivity contribution in [1.29, 1.82) is 0 Å². The van der Waals surface area contributed by atoms with Gasteiger partial charge >= 0.3 is 0 Å². The number of halogens is 2. The summed E-state index contributed by atoms with van der Waals surface area (Å²) in [7, 11) is 3.15. The van der Waals surface area contributed by atoms with Gasteiger partial charge < -0.3 is 15.2 Å². The molecule has 3 nitrogen and oxygen atoms in total. The van der Waals surface area contributed by atoms with Crippen LogP contribution in [0, 0.1) is 0 Å². The lowest BCUT2D eigenvalue weighted by atomic mass is 9.99. The van der Waals surface area contributed by atoms with Gasteiger partial charge in [0, 0.05) is 15.6 Å². The molecule has 20 heavy (non-hydrogen) atoms. The van der Waals surface area contributed by atoms with Crippen LogP contribution in [0.5, 0.6) is 11.5 Å². The Bertz CT molecular complexity index is 619. The minimum atomic E-state index is -0.349. The Morgan fingerprint density at radius 3 is 2.25 bits per heavy atom. The van der Waals surface area contributed by atoms with Crippen molar-refractivity contribution < 1.29 is 9.47 Å². The lowest BCUT2D eigenvalue weighted by Crippen LogP contribution is -2.13. The van der Waals surface area contributed by atoms with Crippen molar-refractivity contribution in [1.82, 2.24) is 0 Å². The summed E-state index contributed by atoms with van der Waals surface area (Å²) in [6.45, 7) is 0. The van der Waals surface area contributed by atoms with Crippen LogP contribution in [0.2, 0.25) is 5.02 Å². The molecule has 2 N–H and O–H groups in total. The van der Waals surface area contributed by atoms with E-state index in [4.69, 9.17) is 26.8 Å². The molecule has 0 heterocycles. The van der Waals surface area contributed by atoms with Gasteiger partial charge in [-0.05, 0) is 23.3 Å². The Morgan fingerprint density at radius 2 is 1.65 bits per heavy atom. The predicted octanol–water partition coefficient (Wildman–Crippen LogP) is 4.17. The number of benzene rings is 2. The minimum absolute atomic E-state index is 0.349. The lowest BCUT2D eigenvalue weighted by Gasteiger charge is -2.18. The van der Waals surface area contributed by atoms with Crippen molar-refractivity contribution in [3.8, 4) is 11.5 Å². The van der Waals surface area contributed by atoms with Crippen LogP contribution in [-0.2, 0) is 0 Å². The Balaban J connectivity index is 2.50. The van der Waals surface area contributed by atoms with Gasteiger partial charge in [0.05, 0.1) is 20.3 Å². The van der Waals surface area contributed by atoms with Gasteiger partial charge in [0.1, 0.15) is 0 Å². The number of hydrogen-bond donors (Lipinski definition) is 1. The Hall–Kier alpha value is -1.23. The second kappa shape index (κ2) is 6.48. The van der Waals surface area contributed by atoms with Crippen LogP contribution in [0.1, 0.15) is 17.2 Å². The van der Waals surface area contributed by atoms with Gasteiger partial charge in [0.15, 0.2) is 11.5 Å². The molecule has 2 aromatic carbocycles. The van der Waals surface area contributed by atoms with Crippen LogP contribution < -0.4 is 15.2 Å². The summed E-state index contributed by atoms with van der Waals surface area (Å²) in [6, 6.07) is 11.0. The van der Waals surface area contributed by atoms with E-state index in [2.05, 4.69) is 15.9 Å². The lowest BCUT2D eigenvalue weighted by molar-refractivity contribution is 0.354. The normalized spacial score (nSPS) is 12.1. The van der Waals surface area contributed by atoms with Crippen molar-refractivity contribution in [2.75, 3.05) is 14.2 Å². The van der Waals surface area contributed by atoms with Crippen LogP contribution in [0.25, 0.3) is 0 Å². The average Bonchev–Trinajstić information content (AvgIpc) is 2.46. The quantitative estimate of drug-likeness (QED) is 0.894. The Kier molecular flexibility index (Phi) is 4.91. The van der Waals surface area contributed by atoms with Crippen molar-refractivity contribution >= 4 is 27.5 Å². The monoisotopic (exact) mass is 355 g/mol. The standard InChI is InChI=1S/C15H15BrClNO2/c1-19-13-7-10(12(17)8-14(13)20-2)15(18)9-5-3-4-6-11(9)16/h3-8,15H,18H2,1-2H3. The molecule has 0 aliphatic carbocycles. The maximum Gasteiger partial charge on any atom is 0.162 e. The highest BCUT2D eigenvalue weighted by molar-refractivity contribution is 9.10. The summed E-state index contributed by atoms with van der Waals surface area (Å²) >= 11 is 9.81. The Morgan fingerprint density at radius 1 is 1.05 bits per heavy atom. The summed E-state index contributed by atoms with van der Waals surface area (Å²) < 4.78 is 11.5. The molecule has 2 aromatic rings. The molecule has 0 amide bonds. The fraction of sp³-hybridized carbons (Fsp3) is 0.200. The molecular formula is C15H15BrClNO2. The molecule has 0 spiro atoms. The largest absolute Gasteiger partial charge is 0.493 e. The van der Waals surface area contributed by atoms with E-state index in [1.165, 1.54) is 0 Å². The third-order valence-electron chi connectivity index (χ3n) is 3.08. The molecule has 0 bridgehead atoms. The second-order valence-electron chi connectivity index (χ2n) is 4.23. The van der Waals surface area contributed by atoms with Gasteiger partial charge in [-0.25, -0.2) is 0 Å². The van der Waals surface area contributed by atoms with Crippen LogP contribution >= 0.6 is 27.5 Å². The average molecular weight is 357 g/mol. The van der Waals surface area contributed by atoms with E-state index in [1.54, 1.807) is 20.3 Å². The molecule has 0 saturated heterocycles.